The van der Waals surface area contributed by atoms with Crippen LogP contribution in [0.15, 0.2) is 67.0 Å². The molecule has 44 heavy (non-hydrogen) atoms. The third-order valence-electron chi connectivity index (χ3n) is 7.16. The number of nitrogens with zero attached hydrogens (tertiary/aromatic N) is 3. The molecule has 0 aliphatic rings. The molecule has 11 heteroatoms. The molecule has 226 valence electrons. The molecule has 0 spiro atoms. The first kappa shape index (κ1) is 35.1. The number of carbonyl (C=O) groups is 2. The van der Waals surface area contributed by atoms with E-state index in [2.05, 4.69) is 15.3 Å². The van der Waals surface area contributed by atoms with Gasteiger partial charge in [-0.05, 0) is 63.3 Å². The predicted molar refractivity (Wildman–Crippen MR) is 158 cm³/mol. The van der Waals surface area contributed by atoms with E-state index < -0.39 is 30.4 Å². The zero-order valence-electron chi connectivity index (χ0n) is 25.5. The Kier molecular flexibility index (Phi) is 12.8. The number of aliphatic hydroxyl groups is 2. The third kappa shape index (κ3) is 8.83. The zero-order valence-corrected chi connectivity index (χ0v) is 27.5. The molecule has 0 fully saturated rings. The van der Waals surface area contributed by atoms with Gasteiger partial charge in [-0.25, -0.2) is 4.39 Å². The van der Waals surface area contributed by atoms with Gasteiger partial charge < -0.3 is 30.0 Å². The molecular weight excluding hydrogens is 574 g/mol. The summed E-state index contributed by atoms with van der Waals surface area (Å²) in [6.45, 7) is 5.89. The van der Waals surface area contributed by atoms with E-state index in [1.165, 1.54) is 12.1 Å². The molecule has 3 N–H and O–H groups in total. The number of amides is 1. The first-order chi connectivity index (χ1) is 20.5. The fourth-order valence-electron chi connectivity index (χ4n) is 5.27. The topological polar surface area (TPSA) is 140 Å². The van der Waals surface area contributed by atoms with Gasteiger partial charge in [0, 0.05) is 41.4 Å². The van der Waals surface area contributed by atoms with Crippen molar-refractivity contribution in [2.45, 2.75) is 71.2 Å². The molecule has 0 saturated heterocycles. The maximum absolute atomic E-state index is 14.1. The van der Waals surface area contributed by atoms with Gasteiger partial charge in [0.15, 0.2) is 0 Å². The Morgan fingerprint density at radius 2 is 1.61 bits per heavy atom. The normalized spacial score (nSPS) is 12.4. The maximum atomic E-state index is 14.1. The molecule has 0 bridgehead atoms. The van der Waals surface area contributed by atoms with Gasteiger partial charge in [-0.2, -0.15) is 0 Å². The van der Waals surface area contributed by atoms with Crippen molar-refractivity contribution in [3.05, 3.63) is 95.6 Å². The number of aliphatic carboxylic acids is 1. The number of aromatic nitrogens is 3. The molecule has 0 unspecified atom stereocenters. The summed E-state index contributed by atoms with van der Waals surface area (Å²) in [7, 11) is 0. The molecule has 4 rings (SSSR count). The average Bonchev–Trinajstić information content (AvgIpc) is 3.31. The number of carboxylic acid groups (broad SMARTS) is 1. The molecule has 4 aromatic rings. The molecule has 2 aromatic carbocycles. The molecule has 2 heterocycles. The van der Waals surface area contributed by atoms with Crippen LogP contribution in [0.4, 0.5) is 4.39 Å². The summed E-state index contributed by atoms with van der Waals surface area (Å²) < 4.78 is 16.0. The minimum absolute atomic E-state index is 0. The van der Waals surface area contributed by atoms with Crippen LogP contribution >= 0.6 is 0 Å². The predicted octanol–water partition coefficient (Wildman–Crippen LogP) is 0.759. The van der Waals surface area contributed by atoms with E-state index in [4.69, 9.17) is 0 Å². The van der Waals surface area contributed by atoms with E-state index in [9.17, 15) is 29.3 Å². The van der Waals surface area contributed by atoms with E-state index in [0.717, 1.165) is 22.5 Å². The Bertz CT molecular complexity index is 1540. The van der Waals surface area contributed by atoms with Crippen LogP contribution in [0.25, 0.3) is 22.3 Å². The van der Waals surface area contributed by atoms with E-state index in [1.807, 2.05) is 55.7 Å². The van der Waals surface area contributed by atoms with E-state index in [-0.39, 0.29) is 60.9 Å². The summed E-state index contributed by atoms with van der Waals surface area (Å²) in [6, 6.07) is 15.3. The first-order valence-corrected chi connectivity index (χ1v) is 14.2. The number of rotatable bonds is 13. The van der Waals surface area contributed by atoms with Crippen molar-refractivity contribution in [2.24, 2.45) is 0 Å². The van der Waals surface area contributed by atoms with Crippen LogP contribution < -0.4 is 40.0 Å². The number of hydrogen-bond donors (Lipinski definition) is 3. The van der Waals surface area contributed by atoms with Crippen LogP contribution in [0.1, 0.15) is 66.7 Å². The Morgan fingerprint density at radius 3 is 2.20 bits per heavy atom. The monoisotopic (exact) mass is 610 g/mol. The van der Waals surface area contributed by atoms with Gasteiger partial charge >= 0.3 is 29.6 Å². The van der Waals surface area contributed by atoms with Crippen LogP contribution in [0, 0.1) is 12.7 Å². The fraction of sp³-hybridized carbons (Fsp3) is 0.333. The Morgan fingerprint density at radius 1 is 0.955 bits per heavy atom. The van der Waals surface area contributed by atoms with Crippen LogP contribution in [0.2, 0.25) is 0 Å². The Hall–Kier alpha value is -3.41. The van der Waals surface area contributed by atoms with Gasteiger partial charge in [-0.15, -0.1) is 0 Å². The average molecular weight is 611 g/mol. The number of aryl methyl sites for hydroxylation is 1. The molecule has 0 aliphatic carbocycles. The third-order valence-corrected chi connectivity index (χ3v) is 7.16. The van der Waals surface area contributed by atoms with Gasteiger partial charge in [0.2, 0.25) is 0 Å². The minimum atomic E-state index is -1.40. The smallest absolute Gasteiger partial charge is 0.550 e. The molecule has 0 aliphatic heterocycles. The number of carbonyl (C=O) groups excluding carboxylic acids is 2. The van der Waals surface area contributed by atoms with Crippen molar-refractivity contribution in [1.29, 1.82) is 0 Å². The number of aliphatic hydroxyl groups excluding tert-OH is 2. The fourth-order valence-corrected chi connectivity index (χ4v) is 5.27. The molecule has 0 radical (unpaired) electrons. The van der Waals surface area contributed by atoms with Gasteiger partial charge in [0.25, 0.3) is 5.91 Å². The molecule has 9 nitrogen and oxygen atoms in total. The zero-order chi connectivity index (χ0) is 31.1. The van der Waals surface area contributed by atoms with Gasteiger partial charge in [0.05, 0.1) is 36.3 Å². The molecule has 2 aromatic heterocycles. The number of carboxylic acids is 1. The van der Waals surface area contributed by atoms with E-state index in [1.54, 1.807) is 24.5 Å². The van der Waals surface area contributed by atoms with Crippen molar-refractivity contribution in [3.63, 3.8) is 0 Å². The largest absolute Gasteiger partial charge is 1.00 e. The second-order valence-electron chi connectivity index (χ2n) is 10.9. The summed E-state index contributed by atoms with van der Waals surface area (Å²) >= 11 is 0. The second kappa shape index (κ2) is 16.1. The second-order valence-corrected chi connectivity index (χ2v) is 10.9. The standard InChI is InChI=1S/C33H37FN4O5.Na/c1-20(2)38-28(14-13-26(39)15-27(40)16-29(41)42)30(23-9-11-24(34)12-10-23)31(22-7-5-4-6-8-22)32(38)33(43)37-19-25-18-35-21(3)17-36-25;/h4-12,17-18,20,26-27,39-40H,13-16,19H2,1-3H3,(H,37,43)(H,41,42);/q;+1/p-1/t26-,27-;/m1./s1. The van der Waals surface area contributed by atoms with Gasteiger partial charge in [-0.1, -0.05) is 42.5 Å². The quantitative estimate of drug-likeness (QED) is 0.190. The van der Waals surface area contributed by atoms with Crippen molar-refractivity contribution >= 4 is 11.9 Å². The first-order valence-electron chi connectivity index (χ1n) is 14.2. The van der Waals surface area contributed by atoms with Crippen LogP contribution in [-0.2, 0) is 17.8 Å². The molecule has 1 amide bonds. The van der Waals surface area contributed by atoms with E-state index in [0.29, 0.717) is 28.9 Å². The molecule has 0 saturated carbocycles. The van der Waals surface area contributed by atoms with Crippen molar-refractivity contribution in [2.75, 3.05) is 0 Å². The van der Waals surface area contributed by atoms with Gasteiger partial charge in [0.1, 0.15) is 11.5 Å². The summed E-state index contributed by atoms with van der Waals surface area (Å²) in [5.41, 5.74) is 5.37. The molecule has 2 atom stereocenters. The van der Waals surface area contributed by atoms with Crippen LogP contribution in [0.3, 0.4) is 0 Å². The summed E-state index contributed by atoms with van der Waals surface area (Å²) in [6.07, 6.45) is 0.744. The summed E-state index contributed by atoms with van der Waals surface area (Å²) in [5, 5.41) is 34.6. The Labute approximate surface area is 278 Å². The van der Waals surface area contributed by atoms with Gasteiger partial charge in [-0.3, -0.25) is 14.8 Å². The van der Waals surface area contributed by atoms with Crippen LogP contribution in [0.5, 0.6) is 0 Å². The number of halogens is 1. The van der Waals surface area contributed by atoms with Crippen LogP contribution in [-0.4, -0.2) is 48.8 Å². The minimum Gasteiger partial charge on any atom is -0.550 e. The summed E-state index contributed by atoms with van der Waals surface area (Å²) in [5.74, 6) is -2.13. The van der Waals surface area contributed by atoms with Crippen molar-refractivity contribution < 1.29 is 58.9 Å². The number of nitrogens with one attached hydrogen (secondary N) is 1. The van der Waals surface area contributed by atoms with E-state index >= 15 is 0 Å². The number of hydrogen-bond acceptors (Lipinski definition) is 7. The number of benzene rings is 2. The maximum Gasteiger partial charge on any atom is 1.00 e. The summed E-state index contributed by atoms with van der Waals surface area (Å²) in [4.78, 5) is 33.5. The SMILES string of the molecule is Cc1cnc(CNC(=O)c2c(-c3ccccc3)c(-c3ccc(F)cc3)c(CC[C@@H](O)C[C@@H](O)CC(=O)[O-])n2C(C)C)cn1.[Na+]. The van der Waals surface area contributed by atoms with Crippen molar-refractivity contribution in [3.8, 4) is 22.3 Å². The Balaban J connectivity index is 0.00000529. The van der Waals surface area contributed by atoms with Crippen molar-refractivity contribution in [1.82, 2.24) is 19.9 Å². The molecular formula is C33H36FN4NaO5.